The molecule has 1 aromatic rings. The Labute approximate surface area is 92.3 Å². The average molecular weight is 257 g/mol. The Bertz CT molecular complexity index is 345. The van der Waals surface area contributed by atoms with Crippen LogP contribution in [0.5, 0.6) is 5.75 Å². The highest BCUT2D eigenvalue weighted by atomic mass is 79.9. The van der Waals surface area contributed by atoms with Crippen LogP contribution in [-0.2, 0) is 9.06 Å². The summed E-state index contributed by atoms with van der Waals surface area (Å²) in [6.45, 7) is 3.51. The van der Waals surface area contributed by atoms with Crippen LogP contribution < -0.4 is 4.74 Å². The minimum atomic E-state index is -0.0373. The molecule has 0 radical (unpaired) electrons. The molecule has 0 bridgehead atoms. The summed E-state index contributed by atoms with van der Waals surface area (Å²) in [5.41, 5.74) is 2.43. The van der Waals surface area contributed by atoms with Gasteiger partial charge < -0.3 is 9.47 Å². The lowest BCUT2D eigenvalue weighted by Gasteiger charge is -2.37. The number of rotatable bonds is 2. The Morgan fingerprint density at radius 1 is 1.43 bits per heavy atom. The van der Waals surface area contributed by atoms with Gasteiger partial charge in [0, 0.05) is 5.56 Å². The summed E-state index contributed by atoms with van der Waals surface area (Å²) in [6, 6.07) is 6.21. The Balaban J connectivity index is 2.43. The first kappa shape index (κ1) is 9.99. The van der Waals surface area contributed by atoms with Crippen LogP contribution in [0.2, 0.25) is 0 Å². The topological polar surface area (TPSA) is 18.5 Å². The second-order valence-corrected chi connectivity index (χ2v) is 5.18. The molecule has 3 heteroatoms. The van der Waals surface area contributed by atoms with E-state index in [9.17, 15) is 0 Å². The van der Waals surface area contributed by atoms with Gasteiger partial charge in [0.2, 0.25) is 0 Å². The molecule has 0 N–H and O–H groups in total. The van der Waals surface area contributed by atoms with Gasteiger partial charge >= 0.3 is 0 Å². The van der Waals surface area contributed by atoms with E-state index in [0.29, 0.717) is 13.2 Å². The number of halogens is 1. The van der Waals surface area contributed by atoms with Gasteiger partial charge in [-0.05, 0) is 13.0 Å². The fourth-order valence-electron chi connectivity index (χ4n) is 1.61. The summed E-state index contributed by atoms with van der Waals surface area (Å²) >= 11 is 3.70. The summed E-state index contributed by atoms with van der Waals surface area (Å²) in [4.78, 5) is 0. The SMILES string of the molecule is COc1ccc(C)cc1C1(Br)COC1. The first-order valence-corrected chi connectivity index (χ1v) is 5.37. The summed E-state index contributed by atoms with van der Waals surface area (Å²) in [6.07, 6.45) is 0. The van der Waals surface area contributed by atoms with Crippen molar-refractivity contribution >= 4 is 15.9 Å². The molecule has 1 aliphatic rings. The first-order valence-electron chi connectivity index (χ1n) is 4.57. The number of aryl methyl sites for hydroxylation is 1. The van der Waals surface area contributed by atoms with Gasteiger partial charge in [-0.1, -0.05) is 33.6 Å². The van der Waals surface area contributed by atoms with E-state index in [-0.39, 0.29) is 4.32 Å². The zero-order chi connectivity index (χ0) is 10.2. The van der Waals surface area contributed by atoms with Crippen molar-refractivity contribution < 1.29 is 9.47 Å². The van der Waals surface area contributed by atoms with E-state index in [1.807, 2.05) is 6.07 Å². The van der Waals surface area contributed by atoms with Crippen molar-refractivity contribution in [1.29, 1.82) is 0 Å². The molecule has 0 unspecified atom stereocenters. The van der Waals surface area contributed by atoms with Crippen LogP contribution in [0.4, 0.5) is 0 Å². The minimum Gasteiger partial charge on any atom is -0.496 e. The van der Waals surface area contributed by atoms with Crippen molar-refractivity contribution in [1.82, 2.24) is 0 Å². The third kappa shape index (κ3) is 1.55. The van der Waals surface area contributed by atoms with Gasteiger partial charge in [0.25, 0.3) is 0 Å². The molecule has 2 rings (SSSR count). The van der Waals surface area contributed by atoms with E-state index in [2.05, 4.69) is 35.0 Å². The fourth-order valence-corrected chi connectivity index (χ4v) is 2.24. The van der Waals surface area contributed by atoms with E-state index in [0.717, 1.165) is 5.75 Å². The number of hydrogen-bond acceptors (Lipinski definition) is 2. The van der Waals surface area contributed by atoms with Gasteiger partial charge in [0.1, 0.15) is 10.1 Å². The number of ether oxygens (including phenoxy) is 2. The maximum atomic E-state index is 5.34. The summed E-state index contributed by atoms with van der Waals surface area (Å²) < 4.78 is 10.5. The summed E-state index contributed by atoms with van der Waals surface area (Å²) in [5.74, 6) is 0.927. The number of hydrogen-bond donors (Lipinski definition) is 0. The molecule has 14 heavy (non-hydrogen) atoms. The average Bonchev–Trinajstić information content (AvgIpc) is 2.14. The van der Waals surface area contributed by atoms with Gasteiger partial charge in [-0.25, -0.2) is 0 Å². The fraction of sp³-hybridized carbons (Fsp3) is 0.455. The second-order valence-electron chi connectivity index (χ2n) is 3.66. The number of methoxy groups -OCH3 is 1. The summed E-state index contributed by atoms with van der Waals surface area (Å²) in [5, 5.41) is 0. The third-order valence-corrected chi connectivity index (χ3v) is 3.38. The van der Waals surface area contributed by atoms with Crippen molar-refractivity contribution in [3.8, 4) is 5.75 Å². The van der Waals surface area contributed by atoms with Gasteiger partial charge in [0.05, 0.1) is 20.3 Å². The molecule has 1 saturated heterocycles. The predicted octanol–water partition coefficient (Wildman–Crippen LogP) is 2.62. The quantitative estimate of drug-likeness (QED) is 0.758. The molecule has 76 valence electrons. The predicted molar refractivity (Wildman–Crippen MR) is 59.2 cm³/mol. The molecule has 1 heterocycles. The van der Waals surface area contributed by atoms with Crippen LogP contribution in [0.25, 0.3) is 0 Å². The van der Waals surface area contributed by atoms with E-state index in [1.54, 1.807) is 7.11 Å². The largest absolute Gasteiger partial charge is 0.496 e. The van der Waals surface area contributed by atoms with E-state index in [1.165, 1.54) is 11.1 Å². The molecule has 0 saturated carbocycles. The zero-order valence-electron chi connectivity index (χ0n) is 8.34. The number of alkyl halides is 1. The molecule has 1 aliphatic heterocycles. The standard InChI is InChI=1S/C11H13BrO2/c1-8-3-4-10(13-2)9(5-8)11(12)6-14-7-11/h3-5H,6-7H2,1-2H3. The Morgan fingerprint density at radius 3 is 2.64 bits per heavy atom. The van der Waals surface area contributed by atoms with Crippen molar-refractivity contribution in [2.24, 2.45) is 0 Å². The molecule has 0 aliphatic carbocycles. The molecule has 0 spiro atoms. The maximum Gasteiger partial charge on any atom is 0.123 e. The number of benzene rings is 1. The Hall–Kier alpha value is -0.540. The highest BCUT2D eigenvalue weighted by molar-refractivity contribution is 9.09. The van der Waals surface area contributed by atoms with Crippen LogP contribution in [0.3, 0.4) is 0 Å². The monoisotopic (exact) mass is 256 g/mol. The van der Waals surface area contributed by atoms with Gasteiger partial charge in [0.15, 0.2) is 0 Å². The highest BCUT2D eigenvalue weighted by Crippen LogP contribution is 2.43. The Kier molecular flexibility index (Phi) is 2.54. The van der Waals surface area contributed by atoms with Crippen LogP contribution >= 0.6 is 15.9 Å². The van der Waals surface area contributed by atoms with Crippen molar-refractivity contribution in [2.45, 2.75) is 11.2 Å². The minimum absolute atomic E-state index is 0.0373. The first-order chi connectivity index (χ1) is 6.65. The smallest absolute Gasteiger partial charge is 0.123 e. The lowest BCUT2D eigenvalue weighted by Crippen LogP contribution is -2.41. The molecule has 1 fully saturated rings. The molecular weight excluding hydrogens is 244 g/mol. The normalized spacial score (nSPS) is 18.8. The van der Waals surface area contributed by atoms with Crippen molar-refractivity contribution in [3.05, 3.63) is 29.3 Å². The molecule has 0 amide bonds. The van der Waals surface area contributed by atoms with Gasteiger partial charge in [-0.15, -0.1) is 0 Å². The van der Waals surface area contributed by atoms with Crippen LogP contribution in [0, 0.1) is 6.92 Å². The summed E-state index contributed by atoms with van der Waals surface area (Å²) in [7, 11) is 1.70. The Morgan fingerprint density at radius 2 is 2.14 bits per heavy atom. The van der Waals surface area contributed by atoms with Crippen molar-refractivity contribution in [2.75, 3.05) is 20.3 Å². The lowest BCUT2D eigenvalue weighted by atomic mass is 9.95. The zero-order valence-corrected chi connectivity index (χ0v) is 9.93. The molecule has 0 atom stereocenters. The van der Waals surface area contributed by atoms with E-state index < -0.39 is 0 Å². The lowest BCUT2D eigenvalue weighted by molar-refractivity contribution is -0.00790. The molecule has 0 aromatic heterocycles. The van der Waals surface area contributed by atoms with Crippen LogP contribution in [0.1, 0.15) is 11.1 Å². The van der Waals surface area contributed by atoms with Gasteiger partial charge in [-0.3, -0.25) is 0 Å². The van der Waals surface area contributed by atoms with Gasteiger partial charge in [-0.2, -0.15) is 0 Å². The van der Waals surface area contributed by atoms with Crippen molar-refractivity contribution in [3.63, 3.8) is 0 Å². The second kappa shape index (κ2) is 3.55. The van der Waals surface area contributed by atoms with E-state index in [4.69, 9.17) is 9.47 Å². The highest BCUT2D eigenvalue weighted by Gasteiger charge is 2.39. The molecule has 2 nitrogen and oxygen atoms in total. The molecular formula is C11H13BrO2. The van der Waals surface area contributed by atoms with Crippen LogP contribution in [0.15, 0.2) is 18.2 Å². The molecule has 1 aromatic carbocycles. The van der Waals surface area contributed by atoms with Crippen LogP contribution in [-0.4, -0.2) is 20.3 Å². The van der Waals surface area contributed by atoms with E-state index >= 15 is 0 Å². The maximum absolute atomic E-state index is 5.34. The third-order valence-electron chi connectivity index (χ3n) is 2.50.